The molecule has 176 valence electrons. The normalized spacial score (nSPS) is 25.9. The largest absolute Gasteiger partial charge is 0.382 e. The molecule has 4 rings (SSSR count). The minimum Gasteiger partial charge on any atom is -0.382 e. The van der Waals surface area contributed by atoms with Gasteiger partial charge in [0.05, 0.1) is 16.8 Å². The van der Waals surface area contributed by atoms with Crippen LogP contribution in [0.2, 0.25) is 0 Å². The minimum atomic E-state index is -0.917. The van der Waals surface area contributed by atoms with E-state index in [4.69, 9.17) is 4.74 Å². The van der Waals surface area contributed by atoms with Gasteiger partial charge in [0.15, 0.2) is 0 Å². The van der Waals surface area contributed by atoms with Crippen LogP contribution in [0.25, 0.3) is 10.2 Å². The van der Waals surface area contributed by atoms with Gasteiger partial charge in [0.2, 0.25) is 5.91 Å². The smallest absolute Gasteiger partial charge is 0.271 e. The quantitative estimate of drug-likeness (QED) is 0.587. The lowest BCUT2D eigenvalue weighted by molar-refractivity contribution is -0.134. The van der Waals surface area contributed by atoms with E-state index in [1.165, 1.54) is 4.88 Å². The molecule has 1 aliphatic carbocycles. The van der Waals surface area contributed by atoms with E-state index in [1.807, 2.05) is 19.9 Å². The second-order valence-corrected chi connectivity index (χ2v) is 10.8. The number of aryl methyl sites for hydroxylation is 1. The number of ether oxygens (including phenoxy) is 1. The molecule has 2 aromatic heterocycles. The van der Waals surface area contributed by atoms with Crippen molar-refractivity contribution in [3.8, 4) is 0 Å². The summed E-state index contributed by atoms with van der Waals surface area (Å²) in [6, 6.07) is 4.40. The van der Waals surface area contributed by atoms with Crippen LogP contribution in [0.1, 0.15) is 75.2 Å². The summed E-state index contributed by atoms with van der Waals surface area (Å²) in [5.74, 6) is 0.650. The topological polar surface area (TPSA) is 63.6 Å². The van der Waals surface area contributed by atoms with E-state index < -0.39 is 5.54 Å². The molecule has 6 nitrogen and oxygen atoms in total. The predicted octanol–water partition coefficient (Wildman–Crippen LogP) is 4.60. The summed E-state index contributed by atoms with van der Waals surface area (Å²) in [4.78, 5) is 30.4. The fourth-order valence-corrected chi connectivity index (χ4v) is 6.17. The Kier molecular flexibility index (Phi) is 6.96. The lowest BCUT2D eigenvalue weighted by Crippen LogP contribution is -2.65. The summed E-state index contributed by atoms with van der Waals surface area (Å²) < 4.78 is 8.72. The average Bonchev–Trinajstić information content (AvgIpc) is 3.33. The van der Waals surface area contributed by atoms with Crippen molar-refractivity contribution in [3.63, 3.8) is 0 Å². The Bertz CT molecular complexity index is 973. The molecule has 0 bridgehead atoms. The second-order valence-electron chi connectivity index (χ2n) is 9.64. The average molecular weight is 460 g/mol. The Morgan fingerprint density at radius 1 is 1.25 bits per heavy atom. The molecule has 7 heteroatoms. The highest BCUT2D eigenvalue weighted by Crippen LogP contribution is 2.36. The summed E-state index contributed by atoms with van der Waals surface area (Å²) in [7, 11) is 0. The highest BCUT2D eigenvalue weighted by Gasteiger charge is 2.48. The second kappa shape index (κ2) is 9.56. The number of amides is 2. The van der Waals surface area contributed by atoms with Gasteiger partial charge in [0.25, 0.3) is 5.91 Å². The molecule has 2 aliphatic rings. The van der Waals surface area contributed by atoms with Gasteiger partial charge in [-0.2, -0.15) is 0 Å². The van der Waals surface area contributed by atoms with Gasteiger partial charge in [-0.1, -0.05) is 13.8 Å². The molecular weight excluding hydrogens is 422 g/mol. The molecule has 1 unspecified atom stereocenters. The van der Waals surface area contributed by atoms with E-state index in [9.17, 15) is 9.59 Å². The van der Waals surface area contributed by atoms with Crippen LogP contribution < -0.4 is 5.32 Å². The summed E-state index contributed by atoms with van der Waals surface area (Å²) in [6.07, 6.45) is 6.03. The van der Waals surface area contributed by atoms with Gasteiger partial charge in [-0.05, 0) is 70.4 Å². The first-order valence-corrected chi connectivity index (χ1v) is 13.0. The number of hydrogen-bond donors (Lipinski definition) is 1. The molecule has 1 saturated carbocycles. The van der Waals surface area contributed by atoms with Crippen LogP contribution in [0.4, 0.5) is 0 Å². The van der Waals surface area contributed by atoms with Crippen LogP contribution in [0, 0.1) is 5.92 Å². The van der Waals surface area contributed by atoms with E-state index in [1.54, 1.807) is 16.2 Å². The Labute approximate surface area is 195 Å². The van der Waals surface area contributed by atoms with Crippen molar-refractivity contribution in [2.24, 2.45) is 5.92 Å². The summed E-state index contributed by atoms with van der Waals surface area (Å²) in [5, 5.41) is 3.31. The monoisotopic (exact) mass is 459 g/mol. The van der Waals surface area contributed by atoms with Crippen molar-refractivity contribution < 1.29 is 14.3 Å². The van der Waals surface area contributed by atoms with Crippen molar-refractivity contribution in [1.82, 2.24) is 14.8 Å². The van der Waals surface area contributed by atoms with Gasteiger partial charge in [-0.3, -0.25) is 9.59 Å². The lowest BCUT2D eigenvalue weighted by atomic mass is 9.86. The highest BCUT2D eigenvalue weighted by molar-refractivity contribution is 7.19. The summed E-state index contributed by atoms with van der Waals surface area (Å²) >= 11 is 1.74. The molecule has 1 aliphatic heterocycles. The van der Waals surface area contributed by atoms with Crippen molar-refractivity contribution in [2.75, 3.05) is 19.8 Å². The van der Waals surface area contributed by atoms with E-state index in [0.717, 1.165) is 54.7 Å². The molecule has 1 atom stereocenters. The number of hydrogen-bond acceptors (Lipinski definition) is 4. The molecule has 1 fully saturated rings. The number of carbonyl (C=O) groups excluding carboxylic acids is 2. The maximum Gasteiger partial charge on any atom is 0.271 e. The van der Waals surface area contributed by atoms with E-state index >= 15 is 0 Å². The fraction of sp³-hybridized carbons (Fsp3) is 0.680. The number of aromatic nitrogens is 1. The summed E-state index contributed by atoms with van der Waals surface area (Å²) in [5.41, 5.74) is 0.858. The van der Waals surface area contributed by atoms with Crippen LogP contribution in [-0.2, 0) is 22.5 Å². The van der Waals surface area contributed by atoms with Gasteiger partial charge < -0.3 is 19.5 Å². The SMILES string of the molecule is CCOCCCN1C(=O)c2cc3sc(CC)cc3n2CC1(C)C(=O)NC1CCC(C)CC1. The molecule has 1 N–H and O–H groups in total. The van der Waals surface area contributed by atoms with E-state index in [0.29, 0.717) is 32.0 Å². The molecule has 2 amide bonds. The fourth-order valence-electron chi connectivity index (χ4n) is 5.13. The van der Waals surface area contributed by atoms with E-state index in [2.05, 4.69) is 29.8 Å². The first-order valence-electron chi connectivity index (χ1n) is 12.2. The zero-order valence-corrected chi connectivity index (χ0v) is 20.7. The maximum atomic E-state index is 13.7. The van der Waals surface area contributed by atoms with Gasteiger partial charge in [-0.25, -0.2) is 0 Å². The Morgan fingerprint density at radius 3 is 2.69 bits per heavy atom. The molecule has 0 saturated heterocycles. The first kappa shape index (κ1) is 23.3. The Hall–Kier alpha value is -1.86. The van der Waals surface area contributed by atoms with Crippen LogP contribution in [0.15, 0.2) is 12.1 Å². The number of fused-ring (bicyclic) bond motifs is 3. The molecule has 0 aromatic carbocycles. The number of nitrogens with zero attached hydrogens (tertiary/aromatic N) is 2. The molecule has 0 radical (unpaired) electrons. The predicted molar refractivity (Wildman–Crippen MR) is 129 cm³/mol. The van der Waals surface area contributed by atoms with Crippen LogP contribution in [-0.4, -0.2) is 52.6 Å². The van der Waals surface area contributed by atoms with Gasteiger partial charge in [-0.15, -0.1) is 11.3 Å². The Morgan fingerprint density at radius 2 is 2.00 bits per heavy atom. The van der Waals surface area contributed by atoms with Crippen molar-refractivity contribution in [3.05, 3.63) is 22.7 Å². The first-order chi connectivity index (χ1) is 15.4. The van der Waals surface area contributed by atoms with Gasteiger partial charge in [0, 0.05) is 30.7 Å². The standard InChI is InChI=1S/C25H37N3O3S/c1-5-19-14-20-22(32-19)15-21-23(29)28(12-7-13-31-6-2)25(4,16-27(20)21)24(30)26-18-10-8-17(3)9-11-18/h14-15,17-18H,5-13,16H2,1-4H3,(H,26,30). The number of carbonyl (C=O) groups is 2. The van der Waals surface area contributed by atoms with Crippen LogP contribution >= 0.6 is 11.3 Å². The lowest BCUT2D eigenvalue weighted by Gasteiger charge is -2.45. The zero-order valence-electron chi connectivity index (χ0n) is 19.9. The molecule has 0 spiro atoms. The third-order valence-electron chi connectivity index (χ3n) is 7.23. The number of thiophene rings is 1. The molecule has 3 heterocycles. The van der Waals surface area contributed by atoms with E-state index in [-0.39, 0.29) is 17.9 Å². The zero-order chi connectivity index (χ0) is 22.9. The minimum absolute atomic E-state index is 0.0275. The van der Waals surface area contributed by atoms with Gasteiger partial charge in [0.1, 0.15) is 11.2 Å². The Balaban J connectivity index is 1.63. The van der Waals surface area contributed by atoms with Crippen molar-refractivity contribution in [1.29, 1.82) is 0 Å². The van der Waals surface area contributed by atoms with Crippen molar-refractivity contribution in [2.45, 2.75) is 84.3 Å². The van der Waals surface area contributed by atoms with Crippen LogP contribution in [0.5, 0.6) is 0 Å². The molecule has 32 heavy (non-hydrogen) atoms. The molecular formula is C25H37N3O3S. The summed E-state index contributed by atoms with van der Waals surface area (Å²) in [6.45, 7) is 10.6. The number of nitrogens with one attached hydrogen (secondary N) is 1. The number of rotatable bonds is 8. The third-order valence-corrected chi connectivity index (χ3v) is 8.45. The van der Waals surface area contributed by atoms with Crippen molar-refractivity contribution >= 4 is 33.4 Å². The third kappa shape index (κ3) is 4.34. The van der Waals surface area contributed by atoms with Crippen LogP contribution in [0.3, 0.4) is 0 Å². The maximum absolute atomic E-state index is 13.7. The molecule has 2 aromatic rings. The van der Waals surface area contributed by atoms with Gasteiger partial charge >= 0.3 is 0 Å². The highest BCUT2D eigenvalue weighted by atomic mass is 32.1.